The Morgan fingerprint density at radius 1 is 1.18 bits per heavy atom. The van der Waals surface area contributed by atoms with Gasteiger partial charge in [-0.3, -0.25) is 10.2 Å². The molecular formula is C12H21N3O2. The third-order valence-corrected chi connectivity index (χ3v) is 3.23. The molecule has 0 heterocycles. The van der Waals surface area contributed by atoms with Crippen LogP contribution >= 0.6 is 0 Å². The van der Waals surface area contributed by atoms with E-state index in [1.165, 1.54) is 12.6 Å². The van der Waals surface area contributed by atoms with Gasteiger partial charge in [-0.1, -0.05) is 25.5 Å². The third kappa shape index (κ3) is 2.99. The van der Waals surface area contributed by atoms with Crippen molar-refractivity contribution in [3.8, 4) is 0 Å². The zero-order valence-corrected chi connectivity index (χ0v) is 11.0. The summed E-state index contributed by atoms with van der Waals surface area (Å²) in [7, 11) is 1.49. The van der Waals surface area contributed by atoms with Gasteiger partial charge in [-0.25, -0.2) is 10.2 Å². The van der Waals surface area contributed by atoms with Gasteiger partial charge in [0.2, 0.25) is 5.91 Å². The summed E-state index contributed by atoms with van der Waals surface area (Å²) in [4.78, 5) is 22.8. The quantitative estimate of drug-likeness (QED) is 0.500. The van der Waals surface area contributed by atoms with Crippen LogP contribution in [0.3, 0.4) is 0 Å². The predicted octanol–water partition coefficient (Wildman–Crippen LogP) is 1.18. The number of carbonyl (C=O) groups is 2. The van der Waals surface area contributed by atoms with E-state index in [2.05, 4.69) is 36.1 Å². The first kappa shape index (κ1) is 13.5. The minimum Gasteiger partial charge on any atom is -0.340 e. The Morgan fingerprint density at radius 2 is 1.76 bits per heavy atom. The minimum absolute atomic E-state index is 0.0360. The van der Waals surface area contributed by atoms with E-state index < -0.39 is 6.03 Å². The molecule has 1 aliphatic carbocycles. The maximum Gasteiger partial charge on any atom is 0.333 e. The van der Waals surface area contributed by atoms with Crippen LogP contribution < -0.4 is 16.2 Å². The molecule has 0 radical (unpaired) electrons. The summed E-state index contributed by atoms with van der Waals surface area (Å²) in [5.74, 6) is 0.0367. The van der Waals surface area contributed by atoms with Crippen molar-refractivity contribution in [1.29, 1.82) is 0 Å². The standard InChI is InChI=1S/C12H21N3O2/c1-7(2)6-8-9(12(8,3)4)10(16)14-15-11(17)13-5/h6,8-9H,1-5H3,(H,14,16)(H2,13,15,17)/t8-,9-/m1/s1. The van der Waals surface area contributed by atoms with E-state index in [1.807, 2.05) is 13.8 Å². The smallest absolute Gasteiger partial charge is 0.333 e. The number of hydrogen-bond acceptors (Lipinski definition) is 2. The highest BCUT2D eigenvalue weighted by Crippen LogP contribution is 2.59. The Balaban J connectivity index is 2.54. The van der Waals surface area contributed by atoms with Gasteiger partial charge in [-0.15, -0.1) is 0 Å². The van der Waals surface area contributed by atoms with Gasteiger partial charge in [-0.05, 0) is 25.2 Å². The first-order valence-corrected chi connectivity index (χ1v) is 5.73. The predicted molar refractivity (Wildman–Crippen MR) is 65.9 cm³/mol. The Labute approximate surface area is 102 Å². The summed E-state index contributed by atoms with van der Waals surface area (Å²) in [6, 6.07) is -0.421. The van der Waals surface area contributed by atoms with Crippen molar-refractivity contribution in [3.05, 3.63) is 11.6 Å². The lowest BCUT2D eigenvalue weighted by Gasteiger charge is -2.06. The van der Waals surface area contributed by atoms with E-state index in [1.54, 1.807) is 0 Å². The molecular weight excluding hydrogens is 218 g/mol. The highest BCUT2D eigenvalue weighted by atomic mass is 16.2. The summed E-state index contributed by atoms with van der Waals surface area (Å²) in [6.07, 6.45) is 2.12. The summed E-state index contributed by atoms with van der Waals surface area (Å²) in [5.41, 5.74) is 5.89. The van der Waals surface area contributed by atoms with Crippen molar-refractivity contribution in [2.45, 2.75) is 27.7 Å². The van der Waals surface area contributed by atoms with Crippen LogP contribution in [-0.4, -0.2) is 19.0 Å². The van der Waals surface area contributed by atoms with Gasteiger partial charge >= 0.3 is 6.03 Å². The summed E-state index contributed by atoms with van der Waals surface area (Å²) >= 11 is 0. The van der Waals surface area contributed by atoms with Crippen molar-refractivity contribution >= 4 is 11.9 Å². The fourth-order valence-corrected chi connectivity index (χ4v) is 2.11. The van der Waals surface area contributed by atoms with E-state index >= 15 is 0 Å². The van der Waals surface area contributed by atoms with E-state index in [0.717, 1.165) is 0 Å². The molecule has 0 aromatic rings. The molecule has 96 valence electrons. The molecule has 1 saturated carbocycles. The summed E-state index contributed by atoms with van der Waals surface area (Å²) < 4.78 is 0. The largest absolute Gasteiger partial charge is 0.340 e. The molecule has 3 N–H and O–H groups in total. The molecule has 1 aliphatic rings. The fourth-order valence-electron chi connectivity index (χ4n) is 2.11. The van der Waals surface area contributed by atoms with Crippen LogP contribution in [0.2, 0.25) is 0 Å². The monoisotopic (exact) mass is 239 g/mol. The molecule has 0 bridgehead atoms. The number of urea groups is 1. The second-order valence-electron chi connectivity index (χ2n) is 5.26. The topological polar surface area (TPSA) is 70.2 Å². The van der Waals surface area contributed by atoms with Crippen molar-refractivity contribution < 1.29 is 9.59 Å². The van der Waals surface area contributed by atoms with Crippen molar-refractivity contribution in [2.24, 2.45) is 17.3 Å². The number of allylic oxidation sites excluding steroid dienone is 2. The van der Waals surface area contributed by atoms with E-state index in [9.17, 15) is 9.59 Å². The van der Waals surface area contributed by atoms with Gasteiger partial charge in [-0.2, -0.15) is 0 Å². The Kier molecular flexibility index (Phi) is 3.80. The van der Waals surface area contributed by atoms with Crippen molar-refractivity contribution in [2.75, 3.05) is 7.05 Å². The molecule has 5 heteroatoms. The molecule has 1 fully saturated rings. The summed E-state index contributed by atoms with van der Waals surface area (Å²) in [6.45, 7) is 8.15. The lowest BCUT2D eigenvalue weighted by Crippen LogP contribution is -2.46. The van der Waals surface area contributed by atoms with Crippen LogP contribution in [0.1, 0.15) is 27.7 Å². The number of rotatable bonds is 2. The first-order valence-electron chi connectivity index (χ1n) is 5.73. The number of hydrazine groups is 1. The number of hydrogen-bond donors (Lipinski definition) is 3. The maximum atomic E-state index is 11.9. The van der Waals surface area contributed by atoms with Crippen LogP contribution in [0.5, 0.6) is 0 Å². The van der Waals surface area contributed by atoms with Gasteiger partial charge in [0.25, 0.3) is 0 Å². The SMILES string of the molecule is CNC(=O)NNC(=O)[C@H]1[C@@H](C=C(C)C)C1(C)C. The molecule has 0 unspecified atom stereocenters. The van der Waals surface area contributed by atoms with Gasteiger partial charge in [0.1, 0.15) is 0 Å². The molecule has 0 aromatic heterocycles. The van der Waals surface area contributed by atoms with E-state index in [4.69, 9.17) is 0 Å². The zero-order chi connectivity index (χ0) is 13.2. The highest BCUT2D eigenvalue weighted by molar-refractivity contribution is 5.86. The van der Waals surface area contributed by atoms with Gasteiger partial charge < -0.3 is 5.32 Å². The Bertz CT molecular complexity index is 357. The molecule has 1 rings (SSSR count). The number of amides is 3. The Morgan fingerprint density at radius 3 is 2.24 bits per heavy atom. The van der Waals surface area contributed by atoms with E-state index in [-0.39, 0.29) is 23.2 Å². The molecule has 17 heavy (non-hydrogen) atoms. The number of nitrogens with one attached hydrogen (secondary N) is 3. The van der Waals surface area contributed by atoms with Gasteiger partial charge in [0, 0.05) is 7.05 Å². The molecule has 0 saturated heterocycles. The first-order chi connectivity index (χ1) is 7.80. The molecule has 0 aromatic carbocycles. The molecule has 0 aliphatic heterocycles. The van der Waals surface area contributed by atoms with Gasteiger partial charge in [0.15, 0.2) is 0 Å². The lowest BCUT2D eigenvalue weighted by atomic mass is 10.1. The average molecular weight is 239 g/mol. The maximum absolute atomic E-state index is 11.9. The molecule has 0 spiro atoms. The van der Waals surface area contributed by atoms with Crippen LogP contribution in [0.25, 0.3) is 0 Å². The molecule has 3 amide bonds. The summed E-state index contributed by atoms with van der Waals surface area (Å²) in [5, 5.41) is 2.37. The lowest BCUT2D eigenvalue weighted by molar-refractivity contribution is -0.123. The van der Waals surface area contributed by atoms with Gasteiger partial charge in [0.05, 0.1) is 5.92 Å². The highest BCUT2D eigenvalue weighted by Gasteiger charge is 2.60. The van der Waals surface area contributed by atoms with Crippen LogP contribution in [0.4, 0.5) is 4.79 Å². The third-order valence-electron chi connectivity index (χ3n) is 3.23. The second-order valence-corrected chi connectivity index (χ2v) is 5.26. The zero-order valence-electron chi connectivity index (χ0n) is 11.0. The molecule has 5 nitrogen and oxygen atoms in total. The fraction of sp³-hybridized carbons (Fsp3) is 0.667. The number of carbonyl (C=O) groups excluding carboxylic acids is 2. The van der Waals surface area contributed by atoms with Crippen LogP contribution in [0.15, 0.2) is 11.6 Å². The molecule has 2 atom stereocenters. The minimum atomic E-state index is -0.421. The van der Waals surface area contributed by atoms with Crippen molar-refractivity contribution in [3.63, 3.8) is 0 Å². The normalized spacial score (nSPS) is 24.5. The Hall–Kier alpha value is -1.52. The van der Waals surface area contributed by atoms with Crippen LogP contribution in [0, 0.1) is 17.3 Å². The van der Waals surface area contributed by atoms with Crippen LogP contribution in [-0.2, 0) is 4.79 Å². The second kappa shape index (κ2) is 4.77. The average Bonchev–Trinajstić information content (AvgIpc) is 2.75. The van der Waals surface area contributed by atoms with E-state index in [0.29, 0.717) is 0 Å². The van der Waals surface area contributed by atoms with Crippen molar-refractivity contribution in [1.82, 2.24) is 16.2 Å².